The summed E-state index contributed by atoms with van der Waals surface area (Å²) in [6, 6.07) is 7.71. The highest BCUT2D eigenvalue weighted by Crippen LogP contribution is 2.40. The van der Waals surface area contributed by atoms with Gasteiger partial charge in [-0.2, -0.15) is 0 Å². The zero-order valence-corrected chi connectivity index (χ0v) is 23.4. The van der Waals surface area contributed by atoms with E-state index in [1.165, 1.54) is 0 Å². The van der Waals surface area contributed by atoms with E-state index in [1.54, 1.807) is 18.7 Å². The number of amides is 1. The normalized spacial score (nSPS) is 22.0. The number of fused-ring (bicyclic) bond motifs is 1. The van der Waals surface area contributed by atoms with Crippen molar-refractivity contribution >= 4 is 17.8 Å². The van der Waals surface area contributed by atoms with Gasteiger partial charge in [0.05, 0.1) is 37.9 Å². The maximum absolute atomic E-state index is 13.8. The minimum atomic E-state index is -0.706. The quantitative estimate of drug-likeness (QED) is 0.154. The maximum Gasteiger partial charge on any atom is 0.328 e. The Morgan fingerprint density at radius 1 is 1.05 bits per heavy atom. The van der Waals surface area contributed by atoms with Crippen LogP contribution in [0.1, 0.15) is 57.9 Å². The molecule has 1 saturated heterocycles. The maximum atomic E-state index is 13.8. The van der Waals surface area contributed by atoms with Crippen molar-refractivity contribution in [3.05, 3.63) is 35.9 Å². The minimum absolute atomic E-state index is 0.00706. The molecule has 2 aliphatic rings. The third-order valence-corrected chi connectivity index (χ3v) is 7.48. The molecule has 3 N–H and O–H groups in total. The van der Waals surface area contributed by atoms with Gasteiger partial charge >= 0.3 is 11.9 Å². The van der Waals surface area contributed by atoms with E-state index in [4.69, 9.17) is 24.6 Å². The summed E-state index contributed by atoms with van der Waals surface area (Å²) < 4.78 is 16.0. The lowest BCUT2D eigenvalue weighted by Gasteiger charge is -2.35. The summed E-state index contributed by atoms with van der Waals surface area (Å²) in [6.45, 7) is 3.80. The average Bonchev–Trinajstić information content (AvgIpc) is 3.34. The van der Waals surface area contributed by atoms with Gasteiger partial charge in [0.2, 0.25) is 5.91 Å². The van der Waals surface area contributed by atoms with Crippen LogP contribution in [0.4, 0.5) is 0 Å². The lowest BCUT2D eigenvalue weighted by atomic mass is 9.84. The molecule has 5 atom stereocenters. The van der Waals surface area contributed by atoms with Gasteiger partial charge in [-0.3, -0.25) is 25.3 Å². The van der Waals surface area contributed by atoms with E-state index in [9.17, 15) is 14.4 Å². The summed E-state index contributed by atoms with van der Waals surface area (Å²) in [5, 5.41) is 19.8. The molecular formula is C28H43N3O9. The average molecular weight is 566 g/mol. The van der Waals surface area contributed by atoms with Crippen LogP contribution in [0.15, 0.2) is 30.3 Å². The first kappa shape index (κ1) is 31.9. The largest absolute Gasteiger partial charge is 0.465 e. The first-order valence-electron chi connectivity index (χ1n) is 14.2. The van der Waals surface area contributed by atoms with Crippen LogP contribution in [0.25, 0.3) is 0 Å². The predicted molar refractivity (Wildman–Crippen MR) is 142 cm³/mol. The molecule has 1 aromatic carbocycles. The number of esters is 2. The number of benzene rings is 1. The molecule has 0 bridgehead atoms. The van der Waals surface area contributed by atoms with Crippen LogP contribution in [0, 0.1) is 5.92 Å². The summed E-state index contributed by atoms with van der Waals surface area (Å²) >= 11 is 0. The van der Waals surface area contributed by atoms with Crippen molar-refractivity contribution in [3.63, 3.8) is 0 Å². The van der Waals surface area contributed by atoms with Gasteiger partial charge in [0.15, 0.2) is 0 Å². The van der Waals surface area contributed by atoms with E-state index in [0.29, 0.717) is 19.3 Å². The van der Waals surface area contributed by atoms with Crippen molar-refractivity contribution in [2.24, 2.45) is 5.92 Å². The van der Waals surface area contributed by atoms with Gasteiger partial charge in [-0.15, -0.1) is 0 Å². The van der Waals surface area contributed by atoms with Gasteiger partial charge in [-0.05, 0) is 57.4 Å². The topological polar surface area (TPSA) is 147 Å². The first-order valence-corrected chi connectivity index (χ1v) is 14.2. The van der Waals surface area contributed by atoms with Crippen molar-refractivity contribution in [2.75, 3.05) is 33.0 Å². The molecule has 3 rings (SSSR count). The Balaban J connectivity index is 1.61. The van der Waals surface area contributed by atoms with Crippen molar-refractivity contribution in [2.45, 2.75) is 83.0 Å². The molecule has 1 amide bonds. The Labute approximate surface area is 235 Å². The number of rotatable bonds is 16. The fourth-order valence-corrected chi connectivity index (χ4v) is 5.63. The molecule has 1 aliphatic heterocycles. The number of hydrogen-bond acceptors (Lipinski definition) is 11. The molecule has 1 saturated carbocycles. The number of hydrogen-bond donors (Lipinski definition) is 3. The number of aryl methyl sites for hydroxylation is 1. The second-order valence-electron chi connectivity index (χ2n) is 10.2. The summed E-state index contributed by atoms with van der Waals surface area (Å²) in [6.07, 6.45) is 5.52. The van der Waals surface area contributed by atoms with E-state index in [2.05, 4.69) is 10.2 Å². The van der Waals surface area contributed by atoms with Crippen molar-refractivity contribution in [1.82, 2.24) is 15.6 Å². The predicted octanol–water partition coefficient (Wildman–Crippen LogP) is 2.26. The molecular weight excluding hydrogens is 522 g/mol. The monoisotopic (exact) mass is 565 g/mol. The molecule has 2 fully saturated rings. The third-order valence-electron chi connectivity index (χ3n) is 7.48. The van der Waals surface area contributed by atoms with Crippen molar-refractivity contribution < 1.29 is 43.8 Å². The number of carbonyl (C=O) groups is 3. The fourth-order valence-electron chi connectivity index (χ4n) is 5.63. The second kappa shape index (κ2) is 16.6. The molecule has 1 aliphatic carbocycles. The van der Waals surface area contributed by atoms with E-state index < -0.39 is 35.5 Å². The first-order chi connectivity index (χ1) is 19.3. The summed E-state index contributed by atoms with van der Waals surface area (Å²) in [5.74, 6) is -0.870. The summed E-state index contributed by atoms with van der Waals surface area (Å²) in [5.41, 5.74) is 1.09. The van der Waals surface area contributed by atoms with Gasteiger partial charge < -0.3 is 19.1 Å². The van der Waals surface area contributed by atoms with Crippen LogP contribution in [0.2, 0.25) is 0 Å². The highest BCUT2D eigenvalue weighted by atomic mass is 17.1. The van der Waals surface area contributed by atoms with Gasteiger partial charge in [0, 0.05) is 6.04 Å². The molecule has 224 valence electrons. The van der Waals surface area contributed by atoms with Crippen LogP contribution in [0.5, 0.6) is 0 Å². The van der Waals surface area contributed by atoms with Crippen LogP contribution in [0.3, 0.4) is 0 Å². The fraction of sp³-hybridized carbons (Fsp3) is 0.679. The van der Waals surface area contributed by atoms with Crippen LogP contribution >= 0.6 is 0 Å². The third kappa shape index (κ3) is 9.50. The Morgan fingerprint density at radius 2 is 1.77 bits per heavy atom. The second-order valence-corrected chi connectivity index (χ2v) is 10.2. The van der Waals surface area contributed by atoms with Gasteiger partial charge in [0.1, 0.15) is 18.7 Å². The number of carbonyl (C=O) groups excluding carboxylic acids is 3. The molecule has 1 heterocycles. The molecule has 12 heteroatoms. The van der Waals surface area contributed by atoms with Crippen LogP contribution < -0.4 is 5.32 Å². The van der Waals surface area contributed by atoms with Crippen LogP contribution in [-0.4, -0.2) is 95.8 Å². The molecule has 12 nitrogen and oxygen atoms in total. The smallest absolute Gasteiger partial charge is 0.328 e. The Kier molecular flexibility index (Phi) is 13.2. The van der Waals surface area contributed by atoms with Crippen molar-refractivity contribution in [1.29, 1.82) is 0 Å². The molecule has 5 unspecified atom stereocenters. The lowest BCUT2D eigenvalue weighted by molar-refractivity contribution is -0.493. The zero-order chi connectivity index (χ0) is 28.9. The zero-order valence-electron chi connectivity index (χ0n) is 23.4. The van der Waals surface area contributed by atoms with E-state index in [-0.39, 0.29) is 50.9 Å². The van der Waals surface area contributed by atoms with Crippen LogP contribution in [-0.2, 0) is 39.9 Å². The number of ether oxygens (including phenoxy) is 3. The lowest BCUT2D eigenvalue weighted by Crippen LogP contribution is -2.56. The number of nitrogens with one attached hydrogen (secondary N) is 1. The van der Waals surface area contributed by atoms with E-state index >= 15 is 0 Å². The van der Waals surface area contributed by atoms with Gasteiger partial charge in [0.25, 0.3) is 0 Å². The van der Waals surface area contributed by atoms with Gasteiger partial charge in [-0.1, -0.05) is 43.2 Å². The Hall–Kier alpha value is -2.61. The molecule has 40 heavy (non-hydrogen) atoms. The molecule has 0 radical (unpaired) electrons. The standard InChI is InChI=1S/C28H43N3O9/c1-3-38-27(33)23(14-13-21-9-5-4-6-10-21)29-20(2)26(32)30-24-12-8-7-11-22(24)19-25(30)28(34)39-17-15-37-16-18-40-31(35)36/h4-6,9-10,20,22-25,29,35-36H,3,7-8,11-19H2,1-2H3. The van der Waals surface area contributed by atoms with Gasteiger partial charge in [-0.25, -0.2) is 9.63 Å². The Bertz CT molecular complexity index is 933. The van der Waals surface area contributed by atoms with Crippen molar-refractivity contribution in [3.8, 4) is 0 Å². The summed E-state index contributed by atoms with van der Waals surface area (Å²) in [7, 11) is 0. The summed E-state index contributed by atoms with van der Waals surface area (Å²) in [4.78, 5) is 45.8. The Morgan fingerprint density at radius 3 is 2.50 bits per heavy atom. The molecule has 0 spiro atoms. The highest BCUT2D eigenvalue weighted by Gasteiger charge is 2.49. The number of nitrogens with zero attached hydrogens (tertiary/aromatic N) is 2. The number of likely N-dealkylation sites (tertiary alicyclic amines) is 1. The molecule has 1 aromatic rings. The van der Waals surface area contributed by atoms with E-state index in [1.807, 2.05) is 30.3 Å². The minimum Gasteiger partial charge on any atom is -0.465 e. The molecule has 0 aromatic heterocycles. The SMILES string of the molecule is CCOC(=O)C(CCc1ccccc1)NC(C)C(=O)N1C(C(=O)OCCOCCON(O)O)CC2CCCCC21. The highest BCUT2D eigenvalue weighted by molar-refractivity contribution is 5.89. The van der Waals surface area contributed by atoms with E-state index in [0.717, 1.165) is 31.2 Å².